The number of hydrogen-bond donors (Lipinski definition) is 2. The van der Waals surface area contributed by atoms with Gasteiger partial charge in [0.25, 0.3) is 0 Å². The van der Waals surface area contributed by atoms with E-state index in [0.717, 1.165) is 19.4 Å². The molecule has 3 heteroatoms. The SMILES string of the molecule is CCC(CC)(CNC(C)C(C)(C)O)SC. The van der Waals surface area contributed by atoms with Crippen LogP contribution in [0, 0.1) is 0 Å². The van der Waals surface area contributed by atoms with Gasteiger partial charge in [0.1, 0.15) is 0 Å². The van der Waals surface area contributed by atoms with E-state index in [2.05, 4.69) is 25.4 Å². The smallest absolute Gasteiger partial charge is 0.0741 e. The molecule has 0 heterocycles. The summed E-state index contributed by atoms with van der Waals surface area (Å²) in [6, 6.07) is 0.127. The Morgan fingerprint density at radius 2 is 1.73 bits per heavy atom. The van der Waals surface area contributed by atoms with Gasteiger partial charge in [-0.2, -0.15) is 11.8 Å². The van der Waals surface area contributed by atoms with Gasteiger partial charge in [0.2, 0.25) is 0 Å². The second-order valence-corrected chi connectivity index (χ2v) is 6.12. The Morgan fingerprint density at radius 1 is 1.27 bits per heavy atom. The molecule has 0 aromatic rings. The zero-order valence-corrected chi connectivity index (χ0v) is 11.9. The van der Waals surface area contributed by atoms with E-state index >= 15 is 0 Å². The quantitative estimate of drug-likeness (QED) is 0.709. The molecule has 2 N–H and O–H groups in total. The predicted octanol–water partition coefficient (Wildman–Crippen LogP) is 2.66. The fourth-order valence-corrected chi connectivity index (χ4v) is 2.25. The van der Waals surface area contributed by atoms with Crippen molar-refractivity contribution < 1.29 is 5.11 Å². The third-order valence-electron chi connectivity index (χ3n) is 3.51. The number of rotatable bonds is 7. The molecule has 0 spiro atoms. The minimum absolute atomic E-state index is 0.127. The second kappa shape index (κ2) is 6.12. The van der Waals surface area contributed by atoms with Crippen LogP contribution in [0.4, 0.5) is 0 Å². The van der Waals surface area contributed by atoms with Crippen LogP contribution in [-0.4, -0.2) is 34.3 Å². The summed E-state index contributed by atoms with van der Waals surface area (Å²) >= 11 is 1.93. The van der Waals surface area contributed by atoms with Gasteiger partial charge in [-0.3, -0.25) is 0 Å². The van der Waals surface area contributed by atoms with E-state index in [1.807, 2.05) is 32.5 Å². The summed E-state index contributed by atoms with van der Waals surface area (Å²) < 4.78 is 0.319. The first kappa shape index (κ1) is 15.3. The highest BCUT2D eigenvalue weighted by molar-refractivity contribution is 8.00. The van der Waals surface area contributed by atoms with Crippen LogP contribution in [0.15, 0.2) is 0 Å². The van der Waals surface area contributed by atoms with E-state index in [4.69, 9.17) is 0 Å². The molecule has 2 nitrogen and oxygen atoms in total. The first-order valence-electron chi connectivity index (χ1n) is 5.82. The molecule has 1 unspecified atom stereocenters. The number of hydrogen-bond acceptors (Lipinski definition) is 3. The summed E-state index contributed by atoms with van der Waals surface area (Å²) in [5, 5.41) is 13.3. The van der Waals surface area contributed by atoms with Crippen LogP contribution in [0.3, 0.4) is 0 Å². The molecule has 0 aromatic heterocycles. The molecular formula is C12H27NOS. The second-order valence-electron chi connectivity index (χ2n) is 4.85. The summed E-state index contributed by atoms with van der Waals surface area (Å²) in [5.74, 6) is 0. The lowest BCUT2D eigenvalue weighted by Crippen LogP contribution is -2.49. The van der Waals surface area contributed by atoms with Crippen LogP contribution >= 0.6 is 11.8 Å². The fraction of sp³-hybridized carbons (Fsp3) is 1.00. The molecule has 0 aromatic carbocycles. The highest BCUT2D eigenvalue weighted by Gasteiger charge is 2.28. The molecule has 0 aliphatic carbocycles. The summed E-state index contributed by atoms with van der Waals surface area (Å²) in [7, 11) is 0. The van der Waals surface area contributed by atoms with Crippen molar-refractivity contribution in [1.29, 1.82) is 0 Å². The topological polar surface area (TPSA) is 32.3 Å². The summed E-state index contributed by atoms with van der Waals surface area (Å²) in [4.78, 5) is 0. The van der Waals surface area contributed by atoms with Crippen molar-refractivity contribution in [3.63, 3.8) is 0 Å². The molecule has 0 saturated carbocycles. The molecule has 0 amide bonds. The normalized spacial score (nSPS) is 15.4. The Balaban J connectivity index is 4.23. The maximum atomic E-state index is 9.83. The molecule has 0 saturated heterocycles. The maximum absolute atomic E-state index is 9.83. The van der Waals surface area contributed by atoms with Gasteiger partial charge < -0.3 is 10.4 Å². The van der Waals surface area contributed by atoms with E-state index < -0.39 is 5.60 Å². The first-order chi connectivity index (χ1) is 6.81. The van der Waals surface area contributed by atoms with Gasteiger partial charge >= 0.3 is 0 Å². The third kappa shape index (κ3) is 4.75. The number of thioether (sulfide) groups is 1. The molecule has 1 atom stereocenters. The van der Waals surface area contributed by atoms with Gasteiger partial charge in [-0.05, 0) is 39.9 Å². The largest absolute Gasteiger partial charge is 0.389 e. The van der Waals surface area contributed by atoms with Crippen LogP contribution in [0.1, 0.15) is 47.5 Å². The average Bonchev–Trinajstić information content (AvgIpc) is 2.19. The molecule has 0 rings (SSSR count). The highest BCUT2D eigenvalue weighted by atomic mass is 32.2. The van der Waals surface area contributed by atoms with Crippen molar-refractivity contribution in [1.82, 2.24) is 5.32 Å². The van der Waals surface area contributed by atoms with Crippen LogP contribution in [-0.2, 0) is 0 Å². The Hall–Kier alpha value is 0.270. The Kier molecular flexibility index (Phi) is 6.23. The van der Waals surface area contributed by atoms with Crippen LogP contribution < -0.4 is 5.32 Å². The van der Waals surface area contributed by atoms with Crippen LogP contribution in [0.5, 0.6) is 0 Å². The van der Waals surface area contributed by atoms with Crippen LogP contribution in [0.2, 0.25) is 0 Å². The molecule has 0 aliphatic heterocycles. The van der Waals surface area contributed by atoms with E-state index in [9.17, 15) is 5.11 Å². The van der Waals surface area contributed by atoms with Crippen molar-refractivity contribution in [2.75, 3.05) is 12.8 Å². The van der Waals surface area contributed by atoms with Crippen molar-refractivity contribution >= 4 is 11.8 Å². The molecule has 0 fully saturated rings. The molecule has 0 aliphatic rings. The van der Waals surface area contributed by atoms with Crippen LogP contribution in [0.25, 0.3) is 0 Å². The number of nitrogens with one attached hydrogen (secondary N) is 1. The zero-order valence-electron chi connectivity index (χ0n) is 11.1. The van der Waals surface area contributed by atoms with Gasteiger partial charge in [-0.25, -0.2) is 0 Å². The molecule has 92 valence electrons. The lowest BCUT2D eigenvalue weighted by atomic mass is 9.98. The molecule has 0 radical (unpaired) electrons. The van der Waals surface area contributed by atoms with E-state index in [1.54, 1.807) is 0 Å². The number of aliphatic hydroxyl groups is 1. The summed E-state index contributed by atoms with van der Waals surface area (Å²) in [5.41, 5.74) is -0.647. The molecule has 0 bridgehead atoms. The average molecular weight is 233 g/mol. The fourth-order valence-electron chi connectivity index (χ4n) is 1.45. The Morgan fingerprint density at radius 3 is 2.00 bits per heavy atom. The lowest BCUT2D eigenvalue weighted by molar-refractivity contribution is 0.0434. The van der Waals surface area contributed by atoms with Crippen molar-refractivity contribution in [3.05, 3.63) is 0 Å². The summed E-state index contributed by atoms with van der Waals surface area (Å²) in [6.45, 7) is 11.2. The lowest BCUT2D eigenvalue weighted by Gasteiger charge is -2.34. The van der Waals surface area contributed by atoms with Crippen molar-refractivity contribution in [2.24, 2.45) is 0 Å². The maximum Gasteiger partial charge on any atom is 0.0741 e. The highest BCUT2D eigenvalue weighted by Crippen LogP contribution is 2.29. The predicted molar refractivity (Wildman–Crippen MR) is 70.6 cm³/mol. The van der Waals surface area contributed by atoms with Gasteiger partial charge in [0, 0.05) is 17.3 Å². The Labute approximate surface area is 99.2 Å². The van der Waals surface area contributed by atoms with Gasteiger partial charge in [0.05, 0.1) is 5.60 Å². The van der Waals surface area contributed by atoms with Gasteiger partial charge in [-0.1, -0.05) is 13.8 Å². The van der Waals surface area contributed by atoms with E-state index in [-0.39, 0.29) is 6.04 Å². The third-order valence-corrected chi connectivity index (χ3v) is 5.10. The summed E-state index contributed by atoms with van der Waals surface area (Å²) in [6.07, 6.45) is 4.50. The van der Waals surface area contributed by atoms with E-state index in [1.165, 1.54) is 0 Å². The van der Waals surface area contributed by atoms with Gasteiger partial charge in [0.15, 0.2) is 0 Å². The van der Waals surface area contributed by atoms with Crippen molar-refractivity contribution in [2.45, 2.75) is 63.9 Å². The molecule has 15 heavy (non-hydrogen) atoms. The zero-order chi connectivity index (χ0) is 12.1. The minimum Gasteiger partial charge on any atom is -0.389 e. The standard InChI is InChI=1S/C12H27NOS/c1-7-12(8-2,15-6)9-13-10(3)11(4,5)14/h10,13-14H,7-9H2,1-6H3. The minimum atomic E-state index is -0.647. The molecular weight excluding hydrogens is 206 g/mol. The first-order valence-corrected chi connectivity index (χ1v) is 7.04. The van der Waals surface area contributed by atoms with Gasteiger partial charge in [-0.15, -0.1) is 0 Å². The van der Waals surface area contributed by atoms with Crippen molar-refractivity contribution in [3.8, 4) is 0 Å². The monoisotopic (exact) mass is 233 g/mol. The van der Waals surface area contributed by atoms with E-state index in [0.29, 0.717) is 4.75 Å². The Bertz CT molecular complexity index is 165.